The highest BCUT2D eigenvalue weighted by Crippen LogP contribution is 2.10. The fourth-order valence-corrected chi connectivity index (χ4v) is 1.34. The topological polar surface area (TPSA) is 39.2 Å². The predicted octanol–water partition coefficient (Wildman–Crippen LogP) is 2.59. The van der Waals surface area contributed by atoms with Crippen molar-refractivity contribution in [3.05, 3.63) is 24.2 Å². The summed E-state index contributed by atoms with van der Waals surface area (Å²) in [7, 11) is 0. The Hall–Kier alpha value is -0.760. The van der Waals surface area contributed by atoms with E-state index in [1.807, 2.05) is 12.1 Å². The standard InChI is InChI=1S/C11H19NO/c1-9(2)5-6-10(12)8-11-4-3-7-13-11/h3-4,7,9-10H,5-6,8,12H2,1-2H3. The van der Waals surface area contributed by atoms with Crippen molar-refractivity contribution in [1.29, 1.82) is 0 Å². The molecule has 0 spiro atoms. The van der Waals surface area contributed by atoms with Crippen LogP contribution in [0.2, 0.25) is 0 Å². The molecule has 1 rings (SSSR count). The Labute approximate surface area is 80.1 Å². The van der Waals surface area contributed by atoms with Crippen molar-refractivity contribution in [2.24, 2.45) is 11.7 Å². The molecule has 0 aliphatic carbocycles. The lowest BCUT2D eigenvalue weighted by atomic mass is 10.0. The lowest BCUT2D eigenvalue weighted by molar-refractivity contribution is 0.447. The zero-order chi connectivity index (χ0) is 9.68. The number of nitrogens with two attached hydrogens (primary N) is 1. The maximum atomic E-state index is 5.95. The summed E-state index contributed by atoms with van der Waals surface area (Å²) in [5.74, 6) is 1.74. The van der Waals surface area contributed by atoms with E-state index in [2.05, 4.69) is 13.8 Å². The van der Waals surface area contributed by atoms with Gasteiger partial charge in [0.1, 0.15) is 5.76 Å². The van der Waals surface area contributed by atoms with Gasteiger partial charge in [-0.1, -0.05) is 13.8 Å². The lowest BCUT2D eigenvalue weighted by Crippen LogP contribution is -2.22. The fraction of sp³-hybridized carbons (Fsp3) is 0.636. The quantitative estimate of drug-likeness (QED) is 0.758. The van der Waals surface area contributed by atoms with Gasteiger partial charge >= 0.3 is 0 Å². The molecule has 0 saturated carbocycles. The van der Waals surface area contributed by atoms with E-state index in [1.54, 1.807) is 6.26 Å². The number of hydrogen-bond donors (Lipinski definition) is 1. The van der Waals surface area contributed by atoms with E-state index < -0.39 is 0 Å². The molecule has 0 aromatic carbocycles. The minimum absolute atomic E-state index is 0.244. The molecule has 0 aliphatic rings. The zero-order valence-corrected chi connectivity index (χ0v) is 8.49. The Bertz CT molecular complexity index is 216. The van der Waals surface area contributed by atoms with Gasteiger partial charge in [0.2, 0.25) is 0 Å². The van der Waals surface area contributed by atoms with Crippen LogP contribution in [0.5, 0.6) is 0 Å². The van der Waals surface area contributed by atoms with Gasteiger partial charge in [0, 0.05) is 12.5 Å². The third-order valence-corrected chi connectivity index (χ3v) is 2.16. The SMILES string of the molecule is CC(C)CCC(N)Cc1ccco1. The van der Waals surface area contributed by atoms with Crippen molar-refractivity contribution >= 4 is 0 Å². The molecule has 2 heteroatoms. The van der Waals surface area contributed by atoms with Crippen LogP contribution in [0, 0.1) is 5.92 Å². The Morgan fingerprint density at radius 3 is 2.69 bits per heavy atom. The van der Waals surface area contributed by atoms with E-state index in [1.165, 1.54) is 6.42 Å². The molecule has 13 heavy (non-hydrogen) atoms. The lowest BCUT2D eigenvalue weighted by Gasteiger charge is -2.11. The molecule has 0 saturated heterocycles. The molecule has 2 N–H and O–H groups in total. The van der Waals surface area contributed by atoms with Gasteiger partial charge in [-0.3, -0.25) is 0 Å². The van der Waals surface area contributed by atoms with Crippen LogP contribution in [0.25, 0.3) is 0 Å². The molecule has 1 unspecified atom stereocenters. The molecule has 0 amide bonds. The van der Waals surface area contributed by atoms with Gasteiger partial charge in [-0.25, -0.2) is 0 Å². The number of rotatable bonds is 5. The van der Waals surface area contributed by atoms with Crippen molar-refractivity contribution in [3.63, 3.8) is 0 Å². The first-order chi connectivity index (χ1) is 6.18. The van der Waals surface area contributed by atoms with Gasteiger partial charge in [-0.05, 0) is 30.9 Å². The van der Waals surface area contributed by atoms with Gasteiger partial charge in [-0.2, -0.15) is 0 Å². The van der Waals surface area contributed by atoms with Gasteiger partial charge in [0.05, 0.1) is 6.26 Å². The summed E-state index contributed by atoms with van der Waals surface area (Å²) in [5.41, 5.74) is 5.95. The summed E-state index contributed by atoms with van der Waals surface area (Å²) in [4.78, 5) is 0. The highest BCUT2D eigenvalue weighted by atomic mass is 16.3. The predicted molar refractivity (Wildman–Crippen MR) is 54.5 cm³/mol. The van der Waals surface area contributed by atoms with E-state index in [0.717, 1.165) is 24.5 Å². The molecule has 1 heterocycles. The van der Waals surface area contributed by atoms with Crippen LogP contribution in [0.3, 0.4) is 0 Å². The van der Waals surface area contributed by atoms with Crippen molar-refractivity contribution in [3.8, 4) is 0 Å². The minimum Gasteiger partial charge on any atom is -0.469 e. The van der Waals surface area contributed by atoms with Crippen LogP contribution in [0.15, 0.2) is 22.8 Å². The average Bonchev–Trinajstić information content (AvgIpc) is 2.53. The van der Waals surface area contributed by atoms with Crippen molar-refractivity contribution in [2.45, 2.75) is 39.2 Å². The van der Waals surface area contributed by atoms with Gasteiger partial charge in [-0.15, -0.1) is 0 Å². The fourth-order valence-electron chi connectivity index (χ4n) is 1.34. The van der Waals surface area contributed by atoms with Crippen molar-refractivity contribution in [2.75, 3.05) is 0 Å². The first kappa shape index (κ1) is 10.3. The summed E-state index contributed by atoms with van der Waals surface area (Å²) in [6.45, 7) is 4.44. The second-order valence-electron chi connectivity index (χ2n) is 4.01. The first-order valence-electron chi connectivity index (χ1n) is 4.96. The third-order valence-electron chi connectivity index (χ3n) is 2.16. The highest BCUT2D eigenvalue weighted by Gasteiger charge is 2.06. The third kappa shape index (κ3) is 4.13. The summed E-state index contributed by atoms with van der Waals surface area (Å²) in [6, 6.07) is 4.13. The van der Waals surface area contributed by atoms with E-state index in [4.69, 9.17) is 10.2 Å². The Balaban J connectivity index is 2.22. The molecule has 1 atom stereocenters. The van der Waals surface area contributed by atoms with E-state index in [0.29, 0.717) is 0 Å². The van der Waals surface area contributed by atoms with Crippen LogP contribution < -0.4 is 5.73 Å². The second-order valence-corrected chi connectivity index (χ2v) is 4.01. The molecule has 74 valence electrons. The summed E-state index contributed by atoms with van der Waals surface area (Å²) < 4.78 is 5.23. The summed E-state index contributed by atoms with van der Waals surface area (Å²) in [5, 5.41) is 0. The van der Waals surface area contributed by atoms with Crippen LogP contribution in [0.1, 0.15) is 32.4 Å². The summed E-state index contributed by atoms with van der Waals surface area (Å²) in [6.07, 6.45) is 4.84. The Morgan fingerprint density at radius 1 is 1.38 bits per heavy atom. The molecule has 0 bridgehead atoms. The molecule has 0 aliphatic heterocycles. The molecule has 1 aromatic rings. The van der Waals surface area contributed by atoms with Crippen LogP contribution in [0.4, 0.5) is 0 Å². The molecule has 2 nitrogen and oxygen atoms in total. The largest absolute Gasteiger partial charge is 0.469 e. The highest BCUT2D eigenvalue weighted by molar-refractivity contribution is 4.99. The van der Waals surface area contributed by atoms with Crippen molar-refractivity contribution in [1.82, 2.24) is 0 Å². The van der Waals surface area contributed by atoms with Crippen LogP contribution in [-0.4, -0.2) is 6.04 Å². The number of hydrogen-bond acceptors (Lipinski definition) is 2. The monoisotopic (exact) mass is 181 g/mol. The van der Waals surface area contributed by atoms with Crippen LogP contribution in [-0.2, 0) is 6.42 Å². The zero-order valence-electron chi connectivity index (χ0n) is 8.49. The first-order valence-corrected chi connectivity index (χ1v) is 4.96. The second kappa shape index (κ2) is 5.07. The van der Waals surface area contributed by atoms with Gasteiger partial charge < -0.3 is 10.2 Å². The molecule has 0 radical (unpaired) electrons. The van der Waals surface area contributed by atoms with Crippen molar-refractivity contribution < 1.29 is 4.42 Å². The average molecular weight is 181 g/mol. The normalized spacial score (nSPS) is 13.5. The van der Waals surface area contributed by atoms with Gasteiger partial charge in [0.25, 0.3) is 0 Å². The maximum Gasteiger partial charge on any atom is 0.105 e. The molecular formula is C11H19NO. The maximum absolute atomic E-state index is 5.95. The van der Waals surface area contributed by atoms with E-state index in [-0.39, 0.29) is 6.04 Å². The Kier molecular flexibility index (Phi) is 4.03. The van der Waals surface area contributed by atoms with Crippen LogP contribution >= 0.6 is 0 Å². The number of furan rings is 1. The van der Waals surface area contributed by atoms with E-state index in [9.17, 15) is 0 Å². The minimum atomic E-state index is 0.244. The molecular weight excluding hydrogens is 162 g/mol. The molecule has 1 aromatic heterocycles. The Morgan fingerprint density at radius 2 is 2.15 bits per heavy atom. The smallest absolute Gasteiger partial charge is 0.105 e. The molecule has 0 fully saturated rings. The summed E-state index contributed by atoms with van der Waals surface area (Å²) >= 11 is 0. The van der Waals surface area contributed by atoms with E-state index >= 15 is 0 Å². The van der Waals surface area contributed by atoms with Gasteiger partial charge in [0.15, 0.2) is 0 Å².